The molecular weight excluding hydrogens is 366 g/mol. The Balaban J connectivity index is 1.91. The SMILES string of the molecule is COCCOC(=O)COc1c(C)n(CCOc2ccc(OC)cc2)ccc1=O. The highest BCUT2D eigenvalue weighted by Crippen LogP contribution is 2.17. The van der Waals surface area contributed by atoms with E-state index in [-0.39, 0.29) is 24.4 Å². The summed E-state index contributed by atoms with van der Waals surface area (Å²) in [6.45, 7) is 2.75. The number of aromatic nitrogens is 1. The largest absolute Gasteiger partial charge is 0.497 e. The fourth-order valence-corrected chi connectivity index (χ4v) is 2.42. The summed E-state index contributed by atoms with van der Waals surface area (Å²) in [7, 11) is 3.12. The molecule has 2 rings (SSSR count). The number of methoxy groups -OCH3 is 2. The molecule has 2 aromatic rings. The topological polar surface area (TPSA) is 85.2 Å². The van der Waals surface area contributed by atoms with Crippen molar-refractivity contribution in [2.75, 3.05) is 40.6 Å². The van der Waals surface area contributed by atoms with E-state index >= 15 is 0 Å². The number of pyridine rings is 1. The standard InChI is InChI=1S/C20H25NO7/c1-15-20(28-14-19(23)27-13-12-24-2)18(22)8-9-21(15)10-11-26-17-6-4-16(25-3)5-7-17/h4-9H,10-14H2,1-3H3. The second-order valence-corrected chi connectivity index (χ2v) is 5.81. The summed E-state index contributed by atoms with van der Waals surface area (Å²) in [5, 5.41) is 0. The molecule has 0 bridgehead atoms. The number of rotatable bonds is 11. The molecular formula is C20H25NO7. The van der Waals surface area contributed by atoms with Crippen molar-refractivity contribution in [3.8, 4) is 17.2 Å². The molecule has 28 heavy (non-hydrogen) atoms. The molecule has 1 aromatic carbocycles. The number of hydrogen-bond acceptors (Lipinski definition) is 7. The van der Waals surface area contributed by atoms with E-state index in [0.29, 0.717) is 25.5 Å². The van der Waals surface area contributed by atoms with Gasteiger partial charge in [-0.25, -0.2) is 4.79 Å². The minimum Gasteiger partial charge on any atom is -0.497 e. The van der Waals surface area contributed by atoms with Gasteiger partial charge in [-0.3, -0.25) is 4.79 Å². The van der Waals surface area contributed by atoms with E-state index < -0.39 is 5.97 Å². The van der Waals surface area contributed by atoms with Crippen LogP contribution in [0, 0.1) is 6.92 Å². The molecule has 0 saturated heterocycles. The number of carbonyl (C=O) groups is 1. The van der Waals surface area contributed by atoms with E-state index in [1.807, 2.05) is 28.8 Å². The van der Waals surface area contributed by atoms with Crippen molar-refractivity contribution in [1.82, 2.24) is 4.57 Å². The van der Waals surface area contributed by atoms with E-state index in [1.165, 1.54) is 13.2 Å². The number of ether oxygens (including phenoxy) is 5. The van der Waals surface area contributed by atoms with Crippen LogP contribution in [-0.2, 0) is 20.8 Å². The zero-order valence-electron chi connectivity index (χ0n) is 16.3. The Bertz CT molecular complexity index is 814. The van der Waals surface area contributed by atoms with Crippen LogP contribution in [-0.4, -0.2) is 51.2 Å². The Morgan fingerprint density at radius 3 is 2.36 bits per heavy atom. The van der Waals surface area contributed by atoms with Gasteiger partial charge in [0, 0.05) is 19.4 Å². The predicted molar refractivity (Wildman–Crippen MR) is 102 cm³/mol. The number of esters is 1. The van der Waals surface area contributed by atoms with Gasteiger partial charge in [-0.15, -0.1) is 0 Å². The van der Waals surface area contributed by atoms with Crippen molar-refractivity contribution < 1.29 is 28.5 Å². The van der Waals surface area contributed by atoms with Crippen LogP contribution in [0.4, 0.5) is 0 Å². The highest BCUT2D eigenvalue weighted by Gasteiger charge is 2.12. The third-order valence-electron chi connectivity index (χ3n) is 3.93. The minimum absolute atomic E-state index is 0.121. The molecule has 1 heterocycles. The average Bonchev–Trinajstić information content (AvgIpc) is 2.70. The van der Waals surface area contributed by atoms with Gasteiger partial charge < -0.3 is 28.3 Å². The summed E-state index contributed by atoms with van der Waals surface area (Å²) in [6.07, 6.45) is 1.67. The van der Waals surface area contributed by atoms with Crippen molar-refractivity contribution in [1.29, 1.82) is 0 Å². The molecule has 0 amide bonds. The Morgan fingerprint density at radius 1 is 0.964 bits per heavy atom. The van der Waals surface area contributed by atoms with Crippen molar-refractivity contribution in [3.63, 3.8) is 0 Å². The van der Waals surface area contributed by atoms with E-state index in [1.54, 1.807) is 20.2 Å². The zero-order valence-corrected chi connectivity index (χ0v) is 16.3. The van der Waals surface area contributed by atoms with Crippen molar-refractivity contribution in [2.45, 2.75) is 13.5 Å². The molecule has 152 valence electrons. The fraction of sp³-hybridized carbons (Fsp3) is 0.400. The van der Waals surface area contributed by atoms with Crippen molar-refractivity contribution >= 4 is 5.97 Å². The molecule has 0 saturated carbocycles. The lowest BCUT2D eigenvalue weighted by molar-refractivity contribution is -0.147. The van der Waals surface area contributed by atoms with Crippen LogP contribution < -0.4 is 19.6 Å². The van der Waals surface area contributed by atoms with Gasteiger partial charge in [-0.2, -0.15) is 0 Å². The maximum Gasteiger partial charge on any atom is 0.344 e. The molecule has 0 aliphatic carbocycles. The monoisotopic (exact) mass is 391 g/mol. The highest BCUT2D eigenvalue weighted by atomic mass is 16.6. The van der Waals surface area contributed by atoms with Gasteiger partial charge in [-0.05, 0) is 31.2 Å². The Morgan fingerprint density at radius 2 is 1.68 bits per heavy atom. The Kier molecular flexibility index (Phi) is 8.36. The van der Waals surface area contributed by atoms with E-state index in [9.17, 15) is 9.59 Å². The molecule has 0 unspecified atom stereocenters. The molecule has 8 heteroatoms. The molecule has 0 spiro atoms. The minimum atomic E-state index is -0.561. The molecule has 1 aromatic heterocycles. The fourth-order valence-electron chi connectivity index (χ4n) is 2.42. The molecule has 0 atom stereocenters. The third-order valence-corrected chi connectivity index (χ3v) is 3.93. The van der Waals surface area contributed by atoms with E-state index in [2.05, 4.69) is 0 Å². The van der Waals surface area contributed by atoms with Crippen LogP contribution in [0.15, 0.2) is 41.3 Å². The lowest BCUT2D eigenvalue weighted by Crippen LogP contribution is -2.22. The molecule has 0 aliphatic heterocycles. The maximum absolute atomic E-state index is 12.1. The molecule has 0 radical (unpaired) electrons. The number of carbonyl (C=O) groups excluding carboxylic acids is 1. The molecule has 0 N–H and O–H groups in total. The van der Waals surface area contributed by atoms with Gasteiger partial charge in [0.05, 0.1) is 26.0 Å². The van der Waals surface area contributed by atoms with Crippen LogP contribution in [0.2, 0.25) is 0 Å². The first kappa shape index (κ1) is 21.3. The van der Waals surface area contributed by atoms with E-state index in [0.717, 1.165) is 11.5 Å². The lowest BCUT2D eigenvalue weighted by atomic mass is 10.3. The van der Waals surface area contributed by atoms with Crippen LogP contribution in [0.3, 0.4) is 0 Å². The summed E-state index contributed by atoms with van der Waals surface area (Å²) in [5.74, 6) is 1.03. The first-order valence-corrected chi connectivity index (χ1v) is 8.79. The van der Waals surface area contributed by atoms with Gasteiger partial charge in [0.25, 0.3) is 0 Å². The zero-order chi connectivity index (χ0) is 20.4. The number of hydrogen-bond donors (Lipinski definition) is 0. The summed E-state index contributed by atoms with van der Waals surface area (Å²) >= 11 is 0. The summed E-state index contributed by atoms with van der Waals surface area (Å²) in [6, 6.07) is 8.67. The lowest BCUT2D eigenvalue weighted by Gasteiger charge is -2.15. The smallest absolute Gasteiger partial charge is 0.344 e. The van der Waals surface area contributed by atoms with Gasteiger partial charge >= 0.3 is 5.97 Å². The molecule has 0 fully saturated rings. The first-order valence-electron chi connectivity index (χ1n) is 8.79. The molecule has 8 nitrogen and oxygen atoms in total. The van der Waals surface area contributed by atoms with Gasteiger partial charge in [0.15, 0.2) is 12.4 Å². The summed E-state index contributed by atoms with van der Waals surface area (Å²) in [5.41, 5.74) is 0.310. The number of benzene rings is 1. The predicted octanol–water partition coefficient (Wildman–Crippen LogP) is 1.81. The summed E-state index contributed by atoms with van der Waals surface area (Å²) in [4.78, 5) is 23.7. The quantitative estimate of drug-likeness (QED) is 0.427. The van der Waals surface area contributed by atoms with Crippen LogP contribution in [0.25, 0.3) is 0 Å². The van der Waals surface area contributed by atoms with Crippen LogP contribution in [0.1, 0.15) is 5.69 Å². The highest BCUT2D eigenvalue weighted by molar-refractivity contribution is 5.71. The van der Waals surface area contributed by atoms with Crippen LogP contribution in [0.5, 0.6) is 17.2 Å². The van der Waals surface area contributed by atoms with Crippen molar-refractivity contribution in [3.05, 3.63) is 52.4 Å². The normalized spacial score (nSPS) is 10.4. The second-order valence-electron chi connectivity index (χ2n) is 5.81. The maximum atomic E-state index is 12.1. The summed E-state index contributed by atoms with van der Waals surface area (Å²) < 4.78 is 27.7. The molecule has 0 aliphatic rings. The Labute approximate surface area is 163 Å². The van der Waals surface area contributed by atoms with Gasteiger partial charge in [0.2, 0.25) is 5.43 Å². The third kappa shape index (κ3) is 6.31. The van der Waals surface area contributed by atoms with Gasteiger partial charge in [-0.1, -0.05) is 0 Å². The average molecular weight is 391 g/mol. The van der Waals surface area contributed by atoms with E-state index in [4.69, 9.17) is 23.7 Å². The second kappa shape index (κ2) is 11.0. The van der Waals surface area contributed by atoms with Crippen molar-refractivity contribution in [2.24, 2.45) is 0 Å². The first-order chi connectivity index (χ1) is 13.5. The Hall–Kier alpha value is -3.00. The van der Waals surface area contributed by atoms with Gasteiger partial charge in [0.1, 0.15) is 24.7 Å². The van der Waals surface area contributed by atoms with Crippen LogP contribution >= 0.6 is 0 Å². The number of nitrogens with zero attached hydrogens (tertiary/aromatic N) is 1.